The van der Waals surface area contributed by atoms with E-state index in [-0.39, 0.29) is 4.90 Å². The molecule has 0 atom stereocenters. The zero-order chi connectivity index (χ0) is 14.6. The van der Waals surface area contributed by atoms with Gasteiger partial charge in [0, 0.05) is 6.26 Å². The van der Waals surface area contributed by atoms with Gasteiger partial charge in [0.25, 0.3) is 0 Å². The number of hydrogen-bond acceptors (Lipinski definition) is 4. The Morgan fingerprint density at radius 3 is 2.15 bits per heavy atom. The number of benzene rings is 2. The highest BCUT2D eigenvalue weighted by Crippen LogP contribution is 2.17. The molecule has 0 aliphatic rings. The molecule has 20 heavy (non-hydrogen) atoms. The maximum Gasteiger partial charge on any atom is 0.175 e. The lowest BCUT2D eigenvalue weighted by Gasteiger charge is -2.07. The quantitative estimate of drug-likeness (QED) is 0.866. The van der Waals surface area contributed by atoms with Crippen molar-refractivity contribution in [2.75, 3.05) is 6.26 Å². The van der Waals surface area contributed by atoms with Crippen LogP contribution in [0, 0.1) is 11.3 Å². The van der Waals surface area contributed by atoms with Gasteiger partial charge in [0.2, 0.25) is 0 Å². The third-order valence-corrected chi connectivity index (χ3v) is 3.87. The number of nitriles is 1. The lowest BCUT2D eigenvalue weighted by Crippen LogP contribution is -1.98. The van der Waals surface area contributed by atoms with Gasteiger partial charge in [-0.3, -0.25) is 0 Å². The molecule has 0 saturated carbocycles. The van der Waals surface area contributed by atoms with E-state index in [1.54, 1.807) is 24.3 Å². The van der Waals surface area contributed by atoms with Crippen molar-refractivity contribution in [3.63, 3.8) is 0 Å². The van der Waals surface area contributed by atoms with Gasteiger partial charge in [-0.2, -0.15) is 5.26 Å². The van der Waals surface area contributed by atoms with Crippen molar-refractivity contribution in [2.45, 2.75) is 11.5 Å². The van der Waals surface area contributed by atoms with Crippen LogP contribution in [0.25, 0.3) is 0 Å². The number of sulfone groups is 1. The van der Waals surface area contributed by atoms with Gasteiger partial charge in [0.1, 0.15) is 12.4 Å². The van der Waals surface area contributed by atoms with Crippen LogP contribution in [0.3, 0.4) is 0 Å². The molecule has 0 amide bonds. The third kappa shape index (κ3) is 3.59. The molecule has 0 heterocycles. The minimum Gasteiger partial charge on any atom is -0.489 e. The van der Waals surface area contributed by atoms with Crippen LogP contribution < -0.4 is 4.74 Å². The lowest BCUT2D eigenvalue weighted by molar-refractivity contribution is 0.306. The molecular formula is C15H13NO3S. The maximum absolute atomic E-state index is 11.3. The molecule has 0 aromatic heterocycles. The summed E-state index contributed by atoms with van der Waals surface area (Å²) in [5, 5.41) is 8.70. The Labute approximate surface area is 118 Å². The zero-order valence-corrected chi connectivity index (χ0v) is 11.7. The SMILES string of the molecule is CS(=O)(=O)c1ccc(OCc2ccc(C#N)cc2)cc1. The summed E-state index contributed by atoms with van der Waals surface area (Å²) >= 11 is 0. The Kier molecular flexibility index (Phi) is 4.06. The van der Waals surface area contributed by atoms with Gasteiger partial charge in [-0.1, -0.05) is 12.1 Å². The third-order valence-electron chi connectivity index (χ3n) is 2.74. The first-order valence-corrected chi connectivity index (χ1v) is 7.80. The van der Waals surface area contributed by atoms with Crippen LogP contribution in [0.2, 0.25) is 0 Å². The molecule has 0 aliphatic carbocycles. The smallest absolute Gasteiger partial charge is 0.175 e. The topological polar surface area (TPSA) is 67.2 Å². The summed E-state index contributed by atoms with van der Waals surface area (Å²) in [6.07, 6.45) is 1.17. The molecule has 0 aliphatic heterocycles. The summed E-state index contributed by atoms with van der Waals surface area (Å²) in [4.78, 5) is 0.267. The zero-order valence-electron chi connectivity index (χ0n) is 10.9. The number of hydrogen-bond donors (Lipinski definition) is 0. The largest absolute Gasteiger partial charge is 0.489 e. The van der Waals surface area contributed by atoms with Crippen LogP contribution in [0.15, 0.2) is 53.4 Å². The van der Waals surface area contributed by atoms with Gasteiger partial charge in [-0.15, -0.1) is 0 Å². The van der Waals surface area contributed by atoms with Crippen molar-refractivity contribution < 1.29 is 13.2 Å². The fraction of sp³-hybridized carbons (Fsp3) is 0.133. The van der Waals surface area contributed by atoms with Gasteiger partial charge in [-0.25, -0.2) is 8.42 Å². The molecule has 4 nitrogen and oxygen atoms in total. The van der Waals surface area contributed by atoms with Crippen molar-refractivity contribution >= 4 is 9.84 Å². The van der Waals surface area contributed by atoms with Gasteiger partial charge >= 0.3 is 0 Å². The Balaban J connectivity index is 2.02. The minimum absolute atomic E-state index is 0.267. The number of rotatable bonds is 4. The van der Waals surface area contributed by atoms with E-state index in [1.807, 2.05) is 12.1 Å². The molecule has 2 rings (SSSR count). The van der Waals surface area contributed by atoms with Gasteiger partial charge in [0.05, 0.1) is 16.5 Å². The molecule has 0 spiro atoms. The van der Waals surface area contributed by atoms with Crippen molar-refractivity contribution in [3.8, 4) is 11.8 Å². The molecule has 0 radical (unpaired) electrons. The van der Waals surface area contributed by atoms with Crippen LogP contribution in [-0.2, 0) is 16.4 Å². The van der Waals surface area contributed by atoms with Crippen LogP contribution >= 0.6 is 0 Å². The Morgan fingerprint density at radius 2 is 1.65 bits per heavy atom. The van der Waals surface area contributed by atoms with E-state index < -0.39 is 9.84 Å². The molecule has 0 saturated heterocycles. The minimum atomic E-state index is -3.18. The Morgan fingerprint density at radius 1 is 1.05 bits per heavy atom. The van der Waals surface area contributed by atoms with Crippen molar-refractivity contribution in [1.29, 1.82) is 5.26 Å². The van der Waals surface area contributed by atoms with E-state index >= 15 is 0 Å². The predicted molar refractivity (Wildman–Crippen MR) is 75.0 cm³/mol. The summed E-state index contributed by atoms with van der Waals surface area (Å²) in [5.74, 6) is 0.599. The predicted octanol–water partition coefficient (Wildman–Crippen LogP) is 2.54. The van der Waals surface area contributed by atoms with Crippen LogP contribution in [0.4, 0.5) is 0 Å². The van der Waals surface area contributed by atoms with Crippen molar-refractivity contribution in [1.82, 2.24) is 0 Å². The van der Waals surface area contributed by atoms with E-state index in [4.69, 9.17) is 10.00 Å². The molecule has 5 heteroatoms. The van der Waals surface area contributed by atoms with Gasteiger partial charge in [-0.05, 0) is 42.0 Å². The summed E-state index contributed by atoms with van der Waals surface area (Å²) in [5.41, 5.74) is 1.54. The molecule has 2 aromatic rings. The first-order chi connectivity index (χ1) is 9.49. The summed E-state index contributed by atoms with van der Waals surface area (Å²) in [7, 11) is -3.18. The number of ether oxygens (including phenoxy) is 1. The second-order valence-electron chi connectivity index (χ2n) is 4.34. The Hall–Kier alpha value is -2.32. The summed E-state index contributed by atoms with van der Waals surface area (Å²) in [6.45, 7) is 0.365. The fourth-order valence-corrected chi connectivity index (χ4v) is 2.26. The molecular weight excluding hydrogens is 274 g/mol. The van der Waals surface area contributed by atoms with E-state index in [2.05, 4.69) is 6.07 Å². The van der Waals surface area contributed by atoms with E-state index in [9.17, 15) is 8.42 Å². The average molecular weight is 287 g/mol. The van der Waals surface area contributed by atoms with Crippen molar-refractivity contribution in [2.24, 2.45) is 0 Å². The molecule has 0 N–H and O–H groups in total. The standard InChI is InChI=1S/C15H13NO3S/c1-20(17,18)15-8-6-14(7-9-15)19-11-13-4-2-12(10-16)3-5-13/h2-9H,11H2,1H3. The Bertz CT molecular complexity index is 726. The van der Waals surface area contributed by atoms with E-state index in [0.29, 0.717) is 17.9 Å². The first kappa shape index (κ1) is 14.1. The summed E-state index contributed by atoms with van der Waals surface area (Å²) < 4.78 is 28.2. The molecule has 2 aromatic carbocycles. The molecule has 0 unspecified atom stereocenters. The van der Waals surface area contributed by atoms with Crippen molar-refractivity contribution in [3.05, 3.63) is 59.7 Å². The van der Waals surface area contributed by atoms with E-state index in [1.165, 1.54) is 18.4 Å². The monoisotopic (exact) mass is 287 g/mol. The highest BCUT2D eigenvalue weighted by atomic mass is 32.2. The number of nitrogens with zero attached hydrogens (tertiary/aromatic N) is 1. The van der Waals surface area contributed by atoms with Crippen LogP contribution in [0.1, 0.15) is 11.1 Å². The first-order valence-electron chi connectivity index (χ1n) is 5.91. The second kappa shape index (κ2) is 5.76. The fourth-order valence-electron chi connectivity index (χ4n) is 1.63. The molecule has 0 fully saturated rings. The highest BCUT2D eigenvalue weighted by molar-refractivity contribution is 7.90. The normalized spacial score (nSPS) is 10.8. The highest BCUT2D eigenvalue weighted by Gasteiger charge is 2.06. The van der Waals surface area contributed by atoms with Crippen LogP contribution in [0.5, 0.6) is 5.75 Å². The van der Waals surface area contributed by atoms with E-state index in [0.717, 1.165) is 5.56 Å². The van der Waals surface area contributed by atoms with Gasteiger partial charge < -0.3 is 4.74 Å². The average Bonchev–Trinajstić information content (AvgIpc) is 2.45. The maximum atomic E-state index is 11.3. The second-order valence-corrected chi connectivity index (χ2v) is 6.36. The van der Waals surface area contributed by atoms with Crippen LogP contribution in [-0.4, -0.2) is 14.7 Å². The van der Waals surface area contributed by atoms with Gasteiger partial charge in [0.15, 0.2) is 9.84 Å². The summed E-state index contributed by atoms with van der Waals surface area (Å²) in [6, 6.07) is 15.4. The lowest BCUT2D eigenvalue weighted by atomic mass is 10.2. The molecule has 0 bridgehead atoms. The molecule has 102 valence electrons.